The summed E-state index contributed by atoms with van der Waals surface area (Å²) in [6.07, 6.45) is 9.51. The van der Waals surface area contributed by atoms with E-state index in [4.69, 9.17) is 5.73 Å². The topological polar surface area (TPSA) is 43.8 Å². The Morgan fingerprint density at radius 1 is 1.50 bits per heavy atom. The number of hydrogen-bond acceptors (Lipinski definition) is 2. The molecule has 3 heteroatoms. The molecule has 0 saturated heterocycles. The van der Waals surface area contributed by atoms with E-state index in [2.05, 4.69) is 18.2 Å². The van der Waals surface area contributed by atoms with Crippen molar-refractivity contribution in [1.82, 2.24) is 9.78 Å². The Balaban J connectivity index is 1.72. The predicted octanol–water partition coefficient (Wildman–Crippen LogP) is 1.82. The van der Waals surface area contributed by atoms with Crippen LogP contribution >= 0.6 is 0 Å². The molecule has 0 spiro atoms. The lowest BCUT2D eigenvalue weighted by Crippen LogP contribution is -2.31. The van der Waals surface area contributed by atoms with Gasteiger partial charge in [0.1, 0.15) is 0 Å². The molecule has 88 valence electrons. The fourth-order valence-electron chi connectivity index (χ4n) is 3.49. The van der Waals surface area contributed by atoms with Crippen LogP contribution in [0.5, 0.6) is 0 Å². The number of hydrogen-bond donors (Lipinski definition) is 1. The van der Waals surface area contributed by atoms with Gasteiger partial charge in [-0.05, 0) is 62.0 Å². The molecule has 2 fully saturated rings. The van der Waals surface area contributed by atoms with Crippen LogP contribution in [0.1, 0.15) is 31.7 Å². The highest BCUT2D eigenvalue weighted by atomic mass is 15.3. The molecule has 0 bridgehead atoms. The molecule has 3 rings (SSSR count). The molecule has 2 unspecified atom stereocenters. The normalized spacial score (nSPS) is 36.4. The van der Waals surface area contributed by atoms with Crippen LogP contribution in [0.4, 0.5) is 0 Å². The molecule has 3 nitrogen and oxygen atoms in total. The van der Waals surface area contributed by atoms with Gasteiger partial charge in [-0.1, -0.05) is 0 Å². The minimum absolute atomic E-state index is 0.398. The molecular weight excluding hydrogens is 198 g/mol. The first-order chi connectivity index (χ1) is 7.74. The summed E-state index contributed by atoms with van der Waals surface area (Å²) in [5.74, 6) is 2.01. The average molecular weight is 219 g/mol. The van der Waals surface area contributed by atoms with E-state index in [1.54, 1.807) is 0 Å². The summed E-state index contributed by atoms with van der Waals surface area (Å²) in [5.41, 5.74) is 7.78. The number of fused-ring (bicyclic) bond motifs is 1. The first-order valence-corrected chi connectivity index (χ1v) is 6.46. The van der Waals surface area contributed by atoms with Crippen molar-refractivity contribution in [3.05, 3.63) is 18.0 Å². The van der Waals surface area contributed by atoms with Crippen LogP contribution in [-0.2, 0) is 13.0 Å². The van der Waals surface area contributed by atoms with E-state index in [9.17, 15) is 0 Å². The standard InChI is InChI=1S/C13H21N3/c1-2-16-8-10(7-15-16)4-13(9-14)5-11-3-12(11)6-13/h7-8,11-12H,2-6,9,14H2,1H3. The van der Waals surface area contributed by atoms with E-state index >= 15 is 0 Å². The molecular formula is C13H21N3. The highest BCUT2D eigenvalue weighted by molar-refractivity contribution is 5.13. The zero-order chi connectivity index (χ0) is 11.2. The third-order valence-electron chi connectivity index (χ3n) is 4.48. The van der Waals surface area contributed by atoms with Gasteiger partial charge < -0.3 is 5.73 Å². The molecule has 0 amide bonds. The van der Waals surface area contributed by atoms with Crippen LogP contribution in [-0.4, -0.2) is 16.3 Å². The fourth-order valence-corrected chi connectivity index (χ4v) is 3.49. The van der Waals surface area contributed by atoms with Crippen molar-refractivity contribution < 1.29 is 0 Å². The smallest absolute Gasteiger partial charge is 0.0521 e. The SMILES string of the molecule is CCn1cc(CC2(CN)CC3CC3C2)cn1. The van der Waals surface area contributed by atoms with E-state index in [0.29, 0.717) is 5.41 Å². The Morgan fingerprint density at radius 3 is 2.81 bits per heavy atom. The van der Waals surface area contributed by atoms with E-state index in [-0.39, 0.29) is 0 Å². The molecule has 1 heterocycles. The zero-order valence-electron chi connectivity index (χ0n) is 10.0. The Labute approximate surface area is 97.0 Å². The van der Waals surface area contributed by atoms with Crippen LogP contribution in [0.3, 0.4) is 0 Å². The molecule has 2 saturated carbocycles. The molecule has 2 atom stereocenters. The molecule has 2 aliphatic carbocycles. The summed E-state index contributed by atoms with van der Waals surface area (Å²) in [5, 5.41) is 4.35. The fraction of sp³-hybridized carbons (Fsp3) is 0.769. The third-order valence-corrected chi connectivity index (χ3v) is 4.48. The molecule has 16 heavy (non-hydrogen) atoms. The Bertz CT molecular complexity index is 372. The summed E-state index contributed by atoms with van der Waals surface area (Å²) >= 11 is 0. The van der Waals surface area contributed by atoms with Gasteiger partial charge in [0.25, 0.3) is 0 Å². The van der Waals surface area contributed by atoms with Crippen molar-refractivity contribution in [1.29, 1.82) is 0 Å². The summed E-state index contributed by atoms with van der Waals surface area (Å²) in [6.45, 7) is 3.93. The van der Waals surface area contributed by atoms with Crippen molar-refractivity contribution >= 4 is 0 Å². The maximum atomic E-state index is 6.01. The Kier molecular flexibility index (Phi) is 2.32. The van der Waals surface area contributed by atoms with E-state index < -0.39 is 0 Å². The Morgan fingerprint density at radius 2 is 2.25 bits per heavy atom. The molecule has 0 aliphatic heterocycles. The van der Waals surface area contributed by atoms with E-state index in [1.165, 1.54) is 24.8 Å². The summed E-state index contributed by atoms with van der Waals surface area (Å²) < 4.78 is 2.01. The van der Waals surface area contributed by atoms with Gasteiger partial charge in [-0.2, -0.15) is 5.10 Å². The maximum Gasteiger partial charge on any atom is 0.0521 e. The molecule has 2 aliphatic rings. The second-order valence-corrected chi connectivity index (χ2v) is 5.75. The van der Waals surface area contributed by atoms with Crippen molar-refractivity contribution in [3.8, 4) is 0 Å². The van der Waals surface area contributed by atoms with Crippen molar-refractivity contribution in [2.24, 2.45) is 23.0 Å². The number of rotatable bonds is 4. The molecule has 2 N–H and O–H groups in total. The molecule has 1 aromatic rings. The van der Waals surface area contributed by atoms with Crippen molar-refractivity contribution in [2.45, 2.75) is 39.2 Å². The summed E-state index contributed by atoms with van der Waals surface area (Å²) in [4.78, 5) is 0. The quantitative estimate of drug-likeness (QED) is 0.839. The predicted molar refractivity (Wildman–Crippen MR) is 63.9 cm³/mol. The second-order valence-electron chi connectivity index (χ2n) is 5.75. The Hall–Kier alpha value is -0.830. The van der Waals surface area contributed by atoms with Crippen molar-refractivity contribution in [2.75, 3.05) is 6.54 Å². The molecule has 1 aromatic heterocycles. The average Bonchev–Trinajstić information content (AvgIpc) is 2.76. The third kappa shape index (κ3) is 1.67. The first kappa shape index (κ1) is 10.3. The highest BCUT2D eigenvalue weighted by Gasteiger charge is 2.52. The van der Waals surface area contributed by atoms with Gasteiger partial charge in [0, 0.05) is 12.7 Å². The maximum absolute atomic E-state index is 6.01. The van der Waals surface area contributed by atoms with Gasteiger partial charge in [-0.15, -0.1) is 0 Å². The lowest BCUT2D eigenvalue weighted by molar-refractivity contribution is 0.273. The summed E-state index contributed by atoms with van der Waals surface area (Å²) in [6, 6.07) is 0. The van der Waals surface area contributed by atoms with Crippen LogP contribution in [0.15, 0.2) is 12.4 Å². The number of aryl methyl sites for hydroxylation is 1. The van der Waals surface area contributed by atoms with Gasteiger partial charge >= 0.3 is 0 Å². The largest absolute Gasteiger partial charge is 0.330 e. The van der Waals surface area contributed by atoms with E-state index in [0.717, 1.165) is 31.3 Å². The van der Waals surface area contributed by atoms with Gasteiger partial charge in [0.2, 0.25) is 0 Å². The van der Waals surface area contributed by atoms with Gasteiger partial charge in [-0.3, -0.25) is 4.68 Å². The van der Waals surface area contributed by atoms with Gasteiger partial charge in [0.15, 0.2) is 0 Å². The molecule has 0 aromatic carbocycles. The first-order valence-electron chi connectivity index (χ1n) is 6.46. The zero-order valence-corrected chi connectivity index (χ0v) is 10.0. The number of nitrogens with zero attached hydrogens (tertiary/aromatic N) is 2. The van der Waals surface area contributed by atoms with Crippen LogP contribution in [0, 0.1) is 17.3 Å². The minimum atomic E-state index is 0.398. The van der Waals surface area contributed by atoms with Gasteiger partial charge in [0.05, 0.1) is 6.20 Å². The van der Waals surface area contributed by atoms with Crippen molar-refractivity contribution in [3.63, 3.8) is 0 Å². The number of aromatic nitrogens is 2. The van der Waals surface area contributed by atoms with Crippen LogP contribution < -0.4 is 5.73 Å². The van der Waals surface area contributed by atoms with Gasteiger partial charge in [-0.25, -0.2) is 0 Å². The number of nitrogens with two attached hydrogens (primary N) is 1. The minimum Gasteiger partial charge on any atom is -0.330 e. The van der Waals surface area contributed by atoms with Crippen LogP contribution in [0.2, 0.25) is 0 Å². The monoisotopic (exact) mass is 219 g/mol. The van der Waals surface area contributed by atoms with Crippen LogP contribution in [0.25, 0.3) is 0 Å². The van der Waals surface area contributed by atoms with E-state index in [1.807, 2.05) is 10.9 Å². The lowest BCUT2D eigenvalue weighted by Gasteiger charge is -2.28. The second kappa shape index (κ2) is 3.59. The lowest BCUT2D eigenvalue weighted by atomic mass is 9.78. The highest BCUT2D eigenvalue weighted by Crippen LogP contribution is 2.60. The summed E-state index contributed by atoms with van der Waals surface area (Å²) in [7, 11) is 0. The molecule has 0 radical (unpaired) electrons.